The van der Waals surface area contributed by atoms with Crippen LogP contribution in [0.25, 0.3) is 6.08 Å². The maximum Gasteiger partial charge on any atom is 0.120 e. The molecular weight excluding hydrogens is 320 g/mol. The molecule has 0 radical (unpaired) electrons. The number of epoxide rings is 1. The molecule has 1 atom stereocenters. The largest absolute Gasteiger partial charge is 0.491 e. The Labute approximate surface area is 161 Å². The number of benzene rings is 1. The van der Waals surface area contributed by atoms with E-state index in [0.29, 0.717) is 12.7 Å². The van der Waals surface area contributed by atoms with Gasteiger partial charge in [0, 0.05) is 0 Å². The molecule has 26 heavy (non-hydrogen) atoms. The summed E-state index contributed by atoms with van der Waals surface area (Å²) in [5, 5.41) is 0. The van der Waals surface area contributed by atoms with Crippen molar-refractivity contribution in [3.05, 3.63) is 35.9 Å². The van der Waals surface area contributed by atoms with Crippen molar-refractivity contribution < 1.29 is 9.47 Å². The summed E-state index contributed by atoms with van der Waals surface area (Å²) in [6.45, 7) is 3.80. The summed E-state index contributed by atoms with van der Waals surface area (Å²) in [6.07, 6.45) is 21.5. The standard InChI is InChI=1S/C24H38O2/c1-2-3-4-5-6-7-8-9-10-11-12-13-14-16-22-17-15-18-23(19-22)25-20-24-21-26-24/h14-19,24H,2-13,20-21H2,1H3. The highest BCUT2D eigenvalue weighted by Crippen LogP contribution is 2.18. The first-order valence-corrected chi connectivity index (χ1v) is 10.9. The van der Waals surface area contributed by atoms with Gasteiger partial charge in [0.05, 0.1) is 6.61 Å². The van der Waals surface area contributed by atoms with Crippen LogP contribution in [-0.4, -0.2) is 19.3 Å². The van der Waals surface area contributed by atoms with Gasteiger partial charge in [-0.25, -0.2) is 0 Å². The van der Waals surface area contributed by atoms with Gasteiger partial charge in [0.25, 0.3) is 0 Å². The van der Waals surface area contributed by atoms with E-state index in [4.69, 9.17) is 9.47 Å². The molecule has 1 saturated heterocycles. The van der Waals surface area contributed by atoms with E-state index >= 15 is 0 Å². The van der Waals surface area contributed by atoms with Crippen molar-refractivity contribution in [3.63, 3.8) is 0 Å². The van der Waals surface area contributed by atoms with Gasteiger partial charge in [0.2, 0.25) is 0 Å². The van der Waals surface area contributed by atoms with Crippen LogP contribution in [0, 0.1) is 0 Å². The average molecular weight is 359 g/mol. The van der Waals surface area contributed by atoms with Crippen molar-refractivity contribution in [2.24, 2.45) is 0 Å². The third-order valence-corrected chi connectivity index (χ3v) is 4.98. The first kappa shape index (κ1) is 21.0. The second-order valence-corrected chi connectivity index (χ2v) is 7.57. The highest BCUT2D eigenvalue weighted by Gasteiger charge is 2.22. The van der Waals surface area contributed by atoms with Crippen LogP contribution in [0.15, 0.2) is 30.3 Å². The Bertz CT molecular complexity index is 491. The zero-order valence-corrected chi connectivity index (χ0v) is 16.8. The Morgan fingerprint density at radius 2 is 1.62 bits per heavy atom. The number of unbranched alkanes of at least 4 members (excludes halogenated alkanes) is 11. The number of rotatable bonds is 16. The summed E-state index contributed by atoms with van der Waals surface area (Å²) in [6, 6.07) is 8.32. The molecule has 0 spiro atoms. The van der Waals surface area contributed by atoms with Gasteiger partial charge in [-0.3, -0.25) is 0 Å². The lowest BCUT2D eigenvalue weighted by atomic mass is 10.1. The van der Waals surface area contributed by atoms with E-state index in [-0.39, 0.29) is 0 Å². The minimum atomic E-state index is 0.315. The lowest BCUT2D eigenvalue weighted by Gasteiger charge is -2.04. The molecule has 0 saturated carbocycles. The van der Waals surface area contributed by atoms with E-state index in [1.54, 1.807) is 0 Å². The zero-order valence-electron chi connectivity index (χ0n) is 16.8. The van der Waals surface area contributed by atoms with Crippen molar-refractivity contribution in [1.29, 1.82) is 0 Å². The van der Waals surface area contributed by atoms with Crippen molar-refractivity contribution in [2.45, 2.75) is 90.1 Å². The monoisotopic (exact) mass is 358 g/mol. The molecule has 2 heteroatoms. The highest BCUT2D eigenvalue weighted by atomic mass is 16.6. The minimum absolute atomic E-state index is 0.315. The second kappa shape index (κ2) is 13.9. The van der Waals surface area contributed by atoms with Crippen LogP contribution in [0.5, 0.6) is 5.75 Å². The predicted octanol–water partition coefficient (Wildman–Crippen LogP) is 7.18. The molecule has 1 aromatic carbocycles. The SMILES string of the molecule is CCCCCCCCCCCCCC=Cc1cccc(OCC2CO2)c1. The summed E-state index contributed by atoms with van der Waals surface area (Å²) in [4.78, 5) is 0. The van der Waals surface area contributed by atoms with E-state index < -0.39 is 0 Å². The first-order valence-electron chi connectivity index (χ1n) is 10.9. The molecule has 1 heterocycles. The highest BCUT2D eigenvalue weighted by molar-refractivity contribution is 5.51. The molecular formula is C24H38O2. The molecule has 2 rings (SSSR count). The van der Waals surface area contributed by atoms with Crippen LogP contribution < -0.4 is 4.74 Å². The minimum Gasteiger partial charge on any atom is -0.491 e. The van der Waals surface area contributed by atoms with Crippen LogP contribution in [-0.2, 0) is 4.74 Å². The Kier molecular flexibility index (Phi) is 11.2. The Hall–Kier alpha value is -1.28. The molecule has 1 aromatic rings. The lowest BCUT2D eigenvalue weighted by Crippen LogP contribution is -2.03. The molecule has 1 fully saturated rings. The van der Waals surface area contributed by atoms with E-state index in [9.17, 15) is 0 Å². The number of ether oxygens (including phenoxy) is 2. The molecule has 0 amide bonds. The molecule has 0 aromatic heterocycles. The zero-order chi connectivity index (χ0) is 18.3. The fourth-order valence-corrected chi connectivity index (χ4v) is 3.21. The average Bonchev–Trinajstić information content (AvgIpc) is 3.49. The van der Waals surface area contributed by atoms with Crippen LogP contribution in [0.2, 0.25) is 0 Å². The number of allylic oxidation sites excluding steroid dienone is 1. The molecule has 0 aliphatic carbocycles. The number of hydrogen-bond donors (Lipinski definition) is 0. The summed E-state index contributed by atoms with van der Waals surface area (Å²) in [7, 11) is 0. The molecule has 0 bridgehead atoms. The fourth-order valence-electron chi connectivity index (χ4n) is 3.21. The van der Waals surface area contributed by atoms with E-state index in [1.165, 1.54) is 82.6 Å². The van der Waals surface area contributed by atoms with Crippen LogP contribution in [0.3, 0.4) is 0 Å². The van der Waals surface area contributed by atoms with Crippen LogP contribution in [0.1, 0.15) is 89.5 Å². The fraction of sp³-hybridized carbons (Fsp3) is 0.667. The lowest BCUT2D eigenvalue weighted by molar-refractivity contribution is 0.263. The van der Waals surface area contributed by atoms with Gasteiger partial charge in [-0.2, -0.15) is 0 Å². The molecule has 1 unspecified atom stereocenters. The van der Waals surface area contributed by atoms with Crippen molar-refractivity contribution in [2.75, 3.05) is 13.2 Å². The van der Waals surface area contributed by atoms with E-state index in [1.807, 2.05) is 6.07 Å². The Balaban J connectivity index is 1.43. The van der Waals surface area contributed by atoms with E-state index in [2.05, 4.69) is 37.3 Å². The molecule has 2 nitrogen and oxygen atoms in total. The molecule has 1 aliphatic heterocycles. The summed E-state index contributed by atoms with van der Waals surface area (Å²) in [5.74, 6) is 0.942. The van der Waals surface area contributed by atoms with Crippen LogP contribution in [0.4, 0.5) is 0 Å². The summed E-state index contributed by atoms with van der Waals surface area (Å²) in [5.41, 5.74) is 1.22. The van der Waals surface area contributed by atoms with Crippen molar-refractivity contribution in [3.8, 4) is 5.75 Å². The quantitative estimate of drug-likeness (QED) is 0.230. The van der Waals surface area contributed by atoms with Crippen molar-refractivity contribution >= 4 is 6.08 Å². The summed E-state index contributed by atoms with van der Waals surface area (Å²) < 4.78 is 10.9. The third-order valence-electron chi connectivity index (χ3n) is 4.98. The first-order chi connectivity index (χ1) is 12.9. The maximum absolute atomic E-state index is 5.73. The van der Waals surface area contributed by atoms with Gasteiger partial charge < -0.3 is 9.47 Å². The van der Waals surface area contributed by atoms with E-state index in [0.717, 1.165) is 12.4 Å². The second-order valence-electron chi connectivity index (χ2n) is 7.57. The Morgan fingerprint density at radius 3 is 2.27 bits per heavy atom. The Morgan fingerprint density at radius 1 is 0.962 bits per heavy atom. The molecule has 0 N–H and O–H groups in total. The van der Waals surface area contributed by atoms with Gasteiger partial charge in [-0.15, -0.1) is 0 Å². The predicted molar refractivity (Wildman–Crippen MR) is 112 cm³/mol. The molecule has 1 aliphatic rings. The summed E-state index contributed by atoms with van der Waals surface area (Å²) >= 11 is 0. The van der Waals surface area contributed by atoms with Crippen molar-refractivity contribution in [1.82, 2.24) is 0 Å². The van der Waals surface area contributed by atoms with Gasteiger partial charge in [-0.05, 0) is 30.5 Å². The molecule has 146 valence electrons. The van der Waals surface area contributed by atoms with Gasteiger partial charge in [0.1, 0.15) is 18.5 Å². The third kappa shape index (κ3) is 10.7. The van der Waals surface area contributed by atoms with Gasteiger partial charge in [-0.1, -0.05) is 95.4 Å². The van der Waals surface area contributed by atoms with Gasteiger partial charge >= 0.3 is 0 Å². The normalized spacial score (nSPS) is 16.3. The smallest absolute Gasteiger partial charge is 0.120 e. The number of hydrogen-bond acceptors (Lipinski definition) is 2. The maximum atomic E-state index is 5.73. The van der Waals surface area contributed by atoms with Crippen LogP contribution >= 0.6 is 0 Å². The van der Waals surface area contributed by atoms with Gasteiger partial charge in [0.15, 0.2) is 0 Å². The topological polar surface area (TPSA) is 21.8 Å².